The van der Waals surface area contributed by atoms with Crippen LogP contribution in [0.3, 0.4) is 0 Å². The second-order valence-electron chi connectivity index (χ2n) is 8.96. The Balaban J connectivity index is 2.10. The Hall–Kier alpha value is -3.52. The van der Waals surface area contributed by atoms with Crippen LogP contribution in [0, 0.1) is 0 Å². The van der Waals surface area contributed by atoms with Crippen molar-refractivity contribution in [1.29, 1.82) is 0 Å². The summed E-state index contributed by atoms with van der Waals surface area (Å²) in [6.45, 7) is 14.0. The van der Waals surface area contributed by atoms with Crippen molar-refractivity contribution in [2.24, 2.45) is 0 Å². The van der Waals surface area contributed by atoms with Gasteiger partial charge in [0.2, 0.25) is 0 Å². The number of hydrogen-bond acceptors (Lipinski definition) is 7. The first kappa shape index (κ1) is 29.0. The van der Waals surface area contributed by atoms with Crippen LogP contribution in [0.15, 0.2) is 48.0 Å². The summed E-state index contributed by atoms with van der Waals surface area (Å²) in [4.78, 5) is 30.4. The van der Waals surface area contributed by atoms with E-state index < -0.39 is 17.7 Å². The molecule has 1 unspecified atom stereocenters. The second kappa shape index (κ2) is 13.9. The number of rotatable bonds is 14. The van der Waals surface area contributed by atoms with Gasteiger partial charge in [-0.3, -0.25) is 9.59 Å². The van der Waals surface area contributed by atoms with Crippen molar-refractivity contribution >= 4 is 17.4 Å². The van der Waals surface area contributed by atoms with Crippen molar-refractivity contribution in [3.8, 4) is 17.2 Å². The molecule has 38 heavy (non-hydrogen) atoms. The normalized spacial score (nSPS) is 16.8. The third kappa shape index (κ3) is 6.48. The number of aliphatic hydroxyl groups is 1. The first-order chi connectivity index (χ1) is 18.4. The zero-order valence-electron chi connectivity index (χ0n) is 23.2. The lowest BCUT2D eigenvalue weighted by atomic mass is 9.95. The molecule has 0 aliphatic carbocycles. The van der Waals surface area contributed by atoms with E-state index in [9.17, 15) is 14.7 Å². The molecule has 1 aliphatic rings. The van der Waals surface area contributed by atoms with Gasteiger partial charge in [0, 0.05) is 18.7 Å². The summed E-state index contributed by atoms with van der Waals surface area (Å²) in [5.74, 6) is 0.239. The van der Waals surface area contributed by atoms with Gasteiger partial charge in [-0.05, 0) is 75.3 Å². The molecule has 1 atom stereocenters. The van der Waals surface area contributed by atoms with Crippen LogP contribution in [0.25, 0.3) is 5.76 Å². The standard InChI is InChI=1S/C30H40N2O6/c1-6-19-38-23-14-11-21(12-15-23)28(33)26-27(22-13-16-24(36-9-4)25(20-22)37-10-5)32(30(35)29(26)34)18-17-31(7-2)8-3/h11-16,20,27,33H,6-10,17-19H2,1-5H3/b28-26+. The molecule has 1 N–H and O–H groups in total. The van der Waals surface area contributed by atoms with Crippen molar-refractivity contribution < 1.29 is 28.9 Å². The molecule has 2 aromatic carbocycles. The van der Waals surface area contributed by atoms with Crippen LogP contribution in [0.4, 0.5) is 0 Å². The Kier molecular flexibility index (Phi) is 10.6. The Labute approximate surface area is 225 Å². The lowest BCUT2D eigenvalue weighted by Crippen LogP contribution is -2.38. The molecular formula is C30H40N2O6. The van der Waals surface area contributed by atoms with E-state index in [1.807, 2.05) is 26.8 Å². The third-order valence-electron chi connectivity index (χ3n) is 6.58. The van der Waals surface area contributed by atoms with Gasteiger partial charge in [0.05, 0.1) is 31.4 Å². The number of nitrogens with zero attached hydrogens (tertiary/aromatic N) is 2. The average molecular weight is 525 g/mol. The maximum absolute atomic E-state index is 13.4. The summed E-state index contributed by atoms with van der Waals surface area (Å²) in [7, 11) is 0. The smallest absolute Gasteiger partial charge is 0.295 e. The third-order valence-corrected chi connectivity index (χ3v) is 6.58. The quantitative estimate of drug-likeness (QED) is 0.211. The predicted molar refractivity (Wildman–Crippen MR) is 148 cm³/mol. The lowest BCUT2D eigenvalue weighted by Gasteiger charge is -2.28. The fraction of sp³-hybridized carbons (Fsp3) is 0.467. The molecule has 0 aromatic heterocycles. The molecule has 206 valence electrons. The van der Waals surface area contributed by atoms with E-state index in [0.29, 0.717) is 61.3 Å². The molecule has 0 radical (unpaired) electrons. The lowest BCUT2D eigenvalue weighted by molar-refractivity contribution is -0.140. The first-order valence-corrected chi connectivity index (χ1v) is 13.5. The summed E-state index contributed by atoms with van der Waals surface area (Å²) >= 11 is 0. The van der Waals surface area contributed by atoms with Crippen LogP contribution in [0.2, 0.25) is 0 Å². The minimum Gasteiger partial charge on any atom is -0.507 e. The Morgan fingerprint density at radius 2 is 1.55 bits per heavy atom. The molecule has 2 aromatic rings. The summed E-state index contributed by atoms with van der Waals surface area (Å²) in [6.07, 6.45) is 0.879. The molecule has 0 spiro atoms. The van der Waals surface area contributed by atoms with E-state index in [0.717, 1.165) is 19.5 Å². The largest absolute Gasteiger partial charge is 0.507 e. The maximum Gasteiger partial charge on any atom is 0.295 e. The zero-order valence-corrected chi connectivity index (χ0v) is 23.2. The van der Waals surface area contributed by atoms with Crippen molar-refractivity contribution in [3.63, 3.8) is 0 Å². The van der Waals surface area contributed by atoms with Crippen LogP contribution in [-0.2, 0) is 9.59 Å². The maximum atomic E-state index is 13.4. The number of ketones is 1. The summed E-state index contributed by atoms with van der Waals surface area (Å²) in [5.41, 5.74) is 1.17. The SMILES string of the molecule is CCCOc1ccc(/C(O)=C2\C(=O)C(=O)N(CCN(CC)CC)C2c2ccc(OCC)c(OCC)c2)cc1. The van der Waals surface area contributed by atoms with Crippen LogP contribution >= 0.6 is 0 Å². The van der Waals surface area contributed by atoms with E-state index in [2.05, 4.69) is 18.7 Å². The number of benzene rings is 2. The van der Waals surface area contributed by atoms with E-state index in [-0.39, 0.29) is 11.3 Å². The van der Waals surface area contributed by atoms with E-state index in [4.69, 9.17) is 14.2 Å². The highest BCUT2D eigenvalue weighted by molar-refractivity contribution is 6.46. The van der Waals surface area contributed by atoms with Crippen molar-refractivity contribution in [2.75, 3.05) is 46.0 Å². The van der Waals surface area contributed by atoms with Gasteiger partial charge < -0.3 is 29.1 Å². The molecule has 0 saturated carbocycles. The number of likely N-dealkylation sites (N-methyl/N-ethyl adjacent to an activating group) is 1. The number of carbonyl (C=O) groups is 2. The second-order valence-corrected chi connectivity index (χ2v) is 8.96. The average Bonchev–Trinajstić information content (AvgIpc) is 3.18. The number of Topliss-reactive ketones (excluding diaryl/α,β-unsaturated/α-hetero) is 1. The highest BCUT2D eigenvalue weighted by Gasteiger charge is 2.46. The van der Waals surface area contributed by atoms with Gasteiger partial charge in [-0.25, -0.2) is 0 Å². The molecule has 3 rings (SSSR count). The number of aliphatic hydroxyl groups excluding tert-OH is 1. The van der Waals surface area contributed by atoms with E-state index in [1.165, 1.54) is 0 Å². The Bertz CT molecular complexity index is 1120. The molecule has 1 fully saturated rings. The number of likely N-dealkylation sites (tertiary alicyclic amines) is 1. The molecule has 1 amide bonds. The molecule has 1 heterocycles. The van der Waals surface area contributed by atoms with Crippen LogP contribution in [0.5, 0.6) is 17.2 Å². The molecular weight excluding hydrogens is 484 g/mol. The molecule has 8 heteroatoms. The topological polar surface area (TPSA) is 88.5 Å². The monoisotopic (exact) mass is 524 g/mol. The minimum atomic E-state index is -0.767. The summed E-state index contributed by atoms with van der Waals surface area (Å²) in [5, 5.41) is 11.4. The van der Waals surface area contributed by atoms with Crippen LogP contribution < -0.4 is 14.2 Å². The van der Waals surface area contributed by atoms with Gasteiger partial charge in [0.25, 0.3) is 11.7 Å². The number of amides is 1. The number of hydrogen-bond donors (Lipinski definition) is 1. The molecule has 8 nitrogen and oxygen atoms in total. The number of carbonyl (C=O) groups excluding carboxylic acids is 2. The minimum absolute atomic E-state index is 0.0587. The van der Waals surface area contributed by atoms with Gasteiger partial charge >= 0.3 is 0 Å². The van der Waals surface area contributed by atoms with Crippen LogP contribution in [-0.4, -0.2) is 72.6 Å². The van der Waals surface area contributed by atoms with Crippen molar-refractivity contribution in [2.45, 2.75) is 47.1 Å². The van der Waals surface area contributed by atoms with Crippen molar-refractivity contribution in [3.05, 3.63) is 59.2 Å². The van der Waals surface area contributed by atoms with Crippen molar-refractivity contribution in [1.82, 2.24) is 9.80 Å². The Morgan fingerprint density at radius 1 is 0.895 bits per heavy atom. The fourth-order valence-corrected chi connectivity index (χ4v) is 4.57. The highest BCUT2D eigenvalue weighted by Crippen LogP contribution is 2.42. The van der Waals surface area contributed by atoms with E-state index >= 15 is 0 Å². The van der Waals surface area contributed by atoms with Gasteiger partial charge in [-0.15, -0.1) is 0 Å². The molecule has 1 aliphatic heterocycles. The molecule has 1 saturated heterocycles. The number of ether oxygens (including phenoxy) is 3. The first-order valence-electron chi connectivity index (χ1n) is 13.5. The van der Waals surface area contributed by atoms with Crippen LogP contribution in [0.1, 0.15) is 58.2 Å². The molecule has 0 bridgehead atoms. The summed E-state index contributed by atoms with van der Waals surface area (Å²) in [6, 6.07) is 11.5. The van der Waals surface area contributed by atoms with Gasteiger partial charge in [0.15, 0.2) is 11.5 Å². The van der Waals surface area contributed by atoms with Gasteiger partial charge in [0.1, 0.15) is 11.5 Å². The summed E-state index contributed by atoms with van der Waals surface area (Å²) < 4.78 is 17.2. The van der Waals surface area contributed by atoms with Gasteiger partial charge in [-0.1, -0.05) is 26.8 Å². The predicted octanol–water partition coefficient (Wildman–Crippen LogP) is 5.04. The zero-order chi connectivity index (χ0) is 27.7. The Morgan fingerprint density at radius 3 is 2.16 bits per heavy atom. The van der Waals surface area contributed by atoms with E-state index in [1.54, 1.807) is 41.3 Å². The fourth-order valence-electron chi connectivity index (χ4n) is 4.57. The highest BCUT2D eigenvalue weighted by atomic mass is 16.5. The van der Waals surface area contributed by atoms with Gasteiger partial charge in [-0.2, -0.15) is 0 Å².